The SMILES string of the molecule is Cc1ccc(-c2nc(-c3ccccc3)cc(-c3cccc(-c4cccc(-c5nc(-c6ccccc6)nc(-c6ccccc6)n5)c4)c3)n2)cc1. The fourth-order valence-corrected chi connectivity index (χ4v) is 5.82. The van der Waals surface area contributed by atoms with Crippen molar-refractivity contribution >= 4 is 0 Å². The Morgan fingerprint density at radius 2 is 0.633 bits per heavy atom. The van der Waals surface area contributed by atoms with Crippen molar-refractivity contribution in [3.63, 3.8) is 0 Å². The molecule has 2 heterocycles. The number of hydrogen-bond donors (Lipinski definition) is 0. The van der Waals surface area contributed by atoms with E-state index in [0.717, 1.165) is 55.9 Å². The average Bonchev–Trinajstić information content (AvgIpc) is 3.19. The number of rotatable bonds is 7. The molecule has 0 aliphatic rings. The van der Waals surface area contributed by atoms with Gasteiger partial charge in [-0.3, -0.25) is 0 Å². The van der Waals surface area contributed by atoms with Gasteiger partial charge in [0.2, 0.25) is 0 Å². The minimum absolute atomic E-state index is 0.622. The van der Waals surface area contributed by atoms with Gasteiger partial charge in [-0.1, -0.05) is 157 Å². The van der Waals surface area contributed by atoms with E-state index in [1.165, 1.54) is 5.56 Å². The van der Waals surface area contributed by atoms with Crippen LogP contribution in [0.3, 0.4) is 0 Å². The van der Waals surface area contributed by atoms with E-state index in [2.05, 4.69) is 97.9 Å². The summed E-state index contributed by atoms with van der Waals surface area (Å²) >= 11 is 0. The predicted octanol–water partition coefficient (Wildman–Crippen LogP) is 10.6. The lowest BCUT2D eigenvalue weighted by molar-refractivity contribution is 1.07. The number of benzene rings is 6. The van der Waals surface area contributed by atoms with Crippen LogP contribution in [-0.4, -0.2) is 24.9 Å². The van der Waals surface area contributed by atoms with Crippen LogP contribution in [0.4, 0.5) is 0 Å². The quantitative estimate of drug-likeness (QED) is 0.175. The Balaban J connectivity index is 1.20. The molecule has 0 fully saturated rings. The van der Waals surface area contributed by atoms with Crippen LogP contribution in [0.15, 0.2) is 170 Å². The molecule has 0 aliphatic heterocycles. The third-order valence-corrected chi connectivity index (χ3v) is 8.42. The smallest absolute Gasteiger partial charge is 0.164 e. The Labute approximate surface area is 285 Å². The number of aryl methyl sites for hydroxylation is 1. The number of hydrogen-bond acceptors (Lipinski definition) is 5. The molecule has 0 bridgehead atoms. The summed E-state index contributed by atoms with van der Waals surface area (Å²) in [5, 5.41) is 0. The summed E-state index contributed by atoms with van der Waals surface area (Å²) in [4.78, 5) is 24.8. The van der Waals surface area contributed by atoms with Crippen molar-refractivity contribution in [3.05, 3.63) is 175 Å². The molecule has 6 aromatic carbocycles. The van der Waals surface area contributed by atoms with E-state index >= 15 is 0 Å². The van der Waals surface area contributed by atoms with Crippen molar-refractivity contribution in [3.8, 4) is 79.2 Å². The first-order valence-electron chi connectivity index (χ1n) is 16.3. The molecule has 0 aliphatic carbocycles. The standard InChI is InChI=1S/C44H31N5/c1-30-23-25-34(26-24-30)41-45-39(31-13-5-2-6-14-31)29-40(46-41)37-21-11-19-35(27-37)36-20-12-22-38(28-36)44-48-42(32-15-7-3-8-16-32)47-43(49-44)33-17-9-4-10-18-33/h2-29H,1H3. The summed E-state index contributed by atoms with van der Waals surface area (Å²) < 4.78 is 0. The van der Waals surface area contributed by atoms with Crippen LogP contribution in [0.25, 0.3) is 79.2 Å². The second-order valence-corrected chi connectivity index (χ2v) is 11.9. The Morgan fingerprint density at radius 3 is 1.18 bits per heavy atom. The normalized spacial score (nSPS) is 11.0. The molecule has 8 aromatic rings. The van der Waals surface area contributed by atoms with E-state index in [9.17, 15) is 0 Å². The molecule has 5 heteroatoms. The van der Waals surface area contributed by atoms with Crippen molar-refractivity contribution in [2.24, 2.45) is 0 Å². The molecule has 0 saturated carbocycles. The van der Waals surface area contributed by atoms with E-state index in [-0.39, 0.29) is 0 Å². The van der Waals surface area contributed by atoms with Gasteiger partial charge in [-0.25, -0.2) is 24.9 Å². The fourth-order valence-electron chi connectivity index (χ4n) is 5.82. The van der Waals surface area contributed by atoms with Crippen LogP contribution in [0.1, 0.15) is 5.56 Å². The molecule has 2 aromatic heterocycles. The van der Waals surface area contributed by atoms with Crippen LogP contribution in [0, 0.1) is 6.92 Å². The third-order valence-electron chi connectivity index (χ3n) is 8.42. The molecule has 5 nitrogen and oxygen atoms in total. The summed E-state index contributed by atoms with van der Waals surface area (Å²) in [5.74, 6) is 2.59. The van der Waals surface area contributed by atoms with Crippen molar-refractivity contribution in [1.29, 1.82) is 0 Å². The van der Waals surface area contributed by atoms with Gasteiger partial charge in [0.15, 0.2) is 23.3 Å². The van der Waals surface area contributed by atoms with E-state index < -0.39 is 0 Å². The molecule has 0 N–H and O–H groups in total. The maximum Gasteiger partial charge on any atom is 0.164 e. The first-order chi connectivity index (χ1) is 24.2. The van der Waals surface area contributed by atoms with Gasteiger partial charge in [0.05, 0.1) is 11.4 Å². The molecule has 8 rings (SSSR count). The van der Waals surface area contributed by atoms with E-state index in [1.54, 1.807) is 0 Å². The lowest BCUT2D eigenvalue weighted by Crippen LogP contribution is -2.00. The van der Waals surface area contributed by atoms with Gasteiger partial charge in [-0.05, 0) is 36.2 Å². The highest BCUT2D eigenvalue weighted by molar-refractivity contribution is 5.78. The Morgan fingerprint density at radius 1 is 0.265 bits per heavy atom. The molecule has 0 atom stereocenters. The minimum Gasteiger partial charge on any atom is -0.228 e. The van der Waals surface area contributed by atoms with Gasteiger partial charge < -0.3 is 0 Å². The zero-order valence-corrected chi connectivity index (χ0v) is 26.9. The Kier molecular flexibility index (Phi) is 8.06. The maximum atomic E-state index is 5.07. The predicted molar refractivity (Wildman–Crippen MR) is 198 cm³/mol. The van der Waals surface area contributed by atoms with Gasteiger partial charge in [-0.15, -0.1) is 0 Å². The zero-order valence-electron chi connectivity index (χ0n) is 26.9. The Hall–Kier alpha value is -6.59. The van der Waals surface area contributed by atoms with Gasteiger partial charge in [0, 0.05) is 33.4 Å². The second-order valence-electron chi connectivity index (χ2n) is 11.9. The lowest BCUT2D eigenvalue weighted by atomic mass is 9.99. The zero-order chi connectivity index (χ0) is 33.0. The van der Waals surface area contributed by atoms with Crippen LogP contribution in [0.2, 0.25) is 0 Å². The largest absolute Gasteiger partial charge is 0.228 e. The van der Waals surface area contributed by atoms with E-state index in [1.807, 2.05) is 78.9 Å². The van der Waals surface area contributed by atoms with Gasteiger partial charge in [0.25, 0.3) is 0 Å². The highest BCUT2D eigenvalue weighted by Gasteiger charge is 2.14. The van der Waals surface area contributed by atoms with Gasteiger partial charge in [0.1, 0.15) is 0 Å². The molecular weight excluding hydrogens is 599 g/mol. The van der Waals surface area contributed by atoms with Crippen molar-refractivity contribution in [1.82, 2.24) is 24.9 Å². The summed E-state index contributed by atoms with van der Waals surface area (Å²) in [6.45, 7) is 2.09. The first-order valence-corrected chi connectivity index (χ1v) is 16.3. The van der Waals surface area contributed by atoms with E-state index in [4.69, 9.17) is 24.9 Å². The highest BCUT2D eigenvalue weighted by Crippen LogP contribution is 2.32. The third kappa shape index (κ3) is 6.51. The van der Waals surface area contributed by atoms with Crippen molar-refractivity contribution < 1.29 is 0 Å². The van der Waals surface area contributed by atoms with Gasteiger partial charge >= 0.3 is 0 Å². The van der Waals surface area contributed by atoms with Crippen LogP contribution < -0.4 is 0 Å². The topological polar surface area (TPSA) is 64.5 Å². The van der Waals surface area contributed by atoms with Crippen LogP contribution >= 0.6 is 0 Å². The lowest BCUT2D eigenvalue weighted by Gasteiger charge is -2.12. The monoisotopic (exact) mass is 629 g/mol. The highest BCUT2D eigenvalue weighted by atomic mass is 15.0. The van der Waals surface area contributed by atoms with Crippen LogP contribution in [0.5, 0.6) is 0 Å². The molecule has 0 amide bonds. The summed E-state index contributed by atoms with van der Waals surface area (Å²) in [5.41, 5.74) is 10.9. The van der Waals surface area contributed by atoms with E-state index in [0.29, 0.717) is 23.3 Å². The Bertz CT molecular complexity index is 2320. The molecule has 49 heavy (non-hydrogen) atoms. The minimum atomic E-state index is 0.622. The van der Waals surface area contributed by atoms with Crippen molar-refractivity contribution in [2.45, 2.75) is 6.92 Å². The second kappa shape index (κ2) is 13.3. The molecular formula is C44H31N5. The van der Waals surface area contributed by atoms with Crippen molar-refractivity contribution in [2.75, 3.05) is 0 Å². The summed E-state index contributed by atoms with van der Waals surface area (Å²) in [6, 6.07) is 57.6. The first kappa shape index (κ1) is 29.8. The number of aromatic nitrogens is 5. The number of nitrogens with zero attached hydrogens (tertiary/aromatic N) is 5. The molecule has 0 saturated heterocycles. The summed E-state index contributed by atoms with van der Waals surface area (Å²) in [7, 11) is 0. The molecule has 0 spiro atoms. The molecule has 0 radical (unpaired) electrons. The average molecular weight is 630 g/mol. The van der Waals surface area contributed by atoms with Gasteiger partial charge in [-0.2, -0.15) is 0 Å². The maximum absolute atomic E-state index is 5.07. The van der Waals surface area contributed by atoms with Crippen LogP contribution in [-0.2, 0) is 0 Å². The molecule has 0 unspecified atom stereocenters. The summed E-state index contributed by atoms with van der Waals surface area (Å²) in [6.07, 6.45) is 0. The molecule has 232 valence electrons. The fraction of sp³-hybridized carbons (Fsp3) is 0.0227.